The zero-order chi connectivity index (χ0) is 14.7. The summed E-state index contributed by atoms with van der Waals surface area (Å²) in [6, 6.07) is 9.62. The summed E-state index contributed by atoms with van der Waals surface area (Å²) in [7, 11) is 0. The zero-order valence-electron chi connectivity index (χ0n) is 10.9. The molecule has 2 rings (SSSR count). The van der Waals surface area contributed by atoms with Crippen LogP contribution in [0.1, 0.15) is 24.1 Å². The number of hydrogen-bond donors (Lipinski definition) is 1. The monoisotopic (exact) mass is 313 g/mol. The minimum absolute atomic E-state index is 0.0940. The molecular weight excluding hydrogens is 300 g/mol. The molecule has 0 amide bonds. The summed E-state index contributed by atoms with van der Waals surface area (Å²) < 4.78 is 19.0. The van der Waals surface area contributed by atoms with Gasteiger partial charge in [0.15, 0.2) is 0 Å². The van der Waals surface area contributed by atoms with Crippen molar-refractivity contribution in [1.82, 2.24) is 0 Å². The predicted octanol–water partition coefficient (Wildman–Crippen LogP) is 4.73. The van der Waals surface area contributed by atoms with E-state index < -0.39 is 5.82 Å². The van der Waals surface area contributed by atoms with Gasteiger partial charge in [0.25, 0.3) is 0 Å². The molecule has 0 aromatic heterocycles. The maximum Gasteiger partial charge on any atom is 0.142 e. The molecule has 2 nitrogen and oxygen atoms in total. The van der Waals surface area contributed by atoms with Crippen LogP contribution in [-0.2, 0) is 6.61 Å². The molecule has 0 saturated carbocycles. The summed E-state index contributed by atoms with van der Waals surface area (Å²) in [6.45, 7) is 2.08. The summed E-state index contributed by atoms with van der Waals surface area (Å²) in [4.78, 5) is 0. The third kappa shape index (κ3) is 3.63. The van der Waals surface area contributed by atoms with Crippen molar-refractivity contribution in [3.05, 3.63) is 63.4 Å². The van der Waals surface area contributed by atoms with Crippen LogP contribution < -0.4 is 10.5 Å². The fourth-order valence-corrected chi connectivity index (χ4v) is 2.10. The third-order valence-electron chi connectivity index (χ3n) is 2.84. The van der Waals surface area contributed by atoms with E-state index in [2.05, 4.69) is 0 Å². The first-order chi connectivity index (χ1) is 9.47. The van der Waals surface area contributed by atoms with Gasteiger partial charge in [0.05, 0.1) is 5.02 Å². The van der Waals surface area contributed by atoms with Gasteiger partial charge in [-0.05, 0) is 42.8 Å². The molecule has 20 heavy (non-hydrogen) atoms. The lowest BCUT2D eigenvalue weighted by molar-refractivity contribution is 0.301. The Morgan fingerprint density at radius 1 is 1.20 bits per heavy atom. The molecule has 2 aromatic rings. The van der Waals surface area contributed by atoms with E-state index >= 15 is 0 Å². The summed E-state index contributed by atoms with van der Waals surface area (Å²) in [5.74, 6) is 0.177. The van der Waals surface area contributed by atoms with Crippen molar-refractivity contribution in [2.45, 2.75) is 19.6 Å². The Morgan fingerprint density at radius 3 is 2.60 bits per heavy atom. The van der Waals surface area contributed by atoms with Gasteiger partial charge in [-0.3, -0.25) is 0 Å². The van der Waals surface area contributed by atoms with Gasteiger partial charge in [0, 0.05) is 16.6 Å². The van der Waals surface area contributed by atoms with Crippen LogP contribution in [0.25, 0.3) is 0 Å². The van der Waals surface area contributed by atoms with Crippen LogP contribution >= 0.6 is 23.2 Å². The van der Waals surface area contributed by atoms with Gasteiger partial charge < -0.3 is 10.5 Å². The highest BCUT2D eigenvalue weighted by molar-refractivity contribution is 6.31. The number of nitrogens with two attached hydrogens (primary N) is 1. The average Bonchev–Trinajstić information content (AvgIpc) is 2.41. The Bertz CT molecular complexity index is 617. The van der Waals surface area contributed by atoms with Crippen LogP contribution in [0, 0.1) is 5.82 Å². The maximum atomic E-state index is 13.3. The fourth-order valence-electron chi connectivity index (χ4n) is 1.80. The molecule has 0 saturated heterocycles. The van der Waals surface area contributed by atoms with Crippen molar-refractivity contribution in [3.8, 4) is 5.75 Å². The summed E-state index contributed by atoms with van der Waals surface area (Å²) >= 11 is 11.6. The van der Waals surface area contributed by atoms with E-state index in [0.29, 0.717) is 16.3 Å². The second-order valence-corrected chi connectivity index (χ2v) is 5.35. The van der Waals surface area contributed by atoms with Gasteiger partial charge in [-0.15, -0.1) is 0 Å². The van der Waals surface area contributed by atoms with E-state index in [1.54, 1.807) is 24.3 Å². The highest BCUT2D eigenvalue weighted by Gasteiger charge is 2.10. The van der Waals surface area contributed by atoms with E-state index in [-0.39, 0.29) is 17.7 Å². The van der Waals surface area contributed by atoms with Crippen LogP contribution in [0.15, 0.2) is 36.4 Å². The van der Waals surface area contributed by atoms with Crippen LogP contribution in [0.4, 0.5) is 4.39 Å². The molecule has 1 atom stereocenters. The summed E-state index contributed by atoms with van der Waals surface area (Å²) in [5.41, 5.74) is 7.38. The normalized spacial score (nSPS) is 12.2. The molecule has 106 valence electrons. The van der Waals surface area contributed by atoms with Crippen molar-refractivity contribution in [2.24, 2.45) is 5.73 Å². The molecular formula is C15H14Cl2FNO. The molecule has 0 bridgehead atoms. The SMILES string of the molecule is CC(N)c1cc(Cl)ccc1OCc1ccc(Cl)c(F)c1. The number of rotatable bonds is 4. The second-order valence-electron chi connectivity index (χ2n) is 4.51. The largest absolute Gasteiger partial charge is 0.489 e. The Labute approximate surface area is 127 Å². The highest BCUT2D eigenvalue weighted by Crippen LogP contribution is 2.28. The van der Waals surface area contributed by atoms with Crippen molar-refractivity contribution < 1.29 is 9.13 Å². The lowest BCUT2D eigenvalue weighted by Crippen LogP contribution is -2.08. The summed E-state index contributed by atoms with van der Waals surface area (Å²) in [6.07, 6.45) is 0. The van der Waals surface area contributed by atoms with Crippen LogP contribution in [0.5, 0.6) is 5.75 Å². The minimum atomic E-state index is -0.462. The predicted molar refractivity (Wildman–Crippen MR) is 79.8 cm³/mol. The van der Waals surface area contributed by atoms with Gasteiger partial charge in [-0.1, -0.05) is 29.3 Å². The first-order valence-corrected chi connectivity index (χ1v) is 6.84. The Kier molecular flexibility index (Phi) is 4.86. The van der Waals surface area contributed by atoms with Gasteiger partial charge in [-0.2, -0.15) is 0 Å². The second kappa shape index (κ2) is 6.44. The third-order valence-corrected chi connectivity index (χ3v) is 3.38. The number of benzene rings is 2. The van der Waals surface area contributed by atoms with Gasteiger partial charge >= 0.3 is 0 Å². The number of halogens is 3. The Morgan fingerprint density at radius 2 is 1.95 bits per heavy atom. The van der Waals surface area contributed by atoms with E-state index in [0.717, 1.165) is 5.56 Å². The maximum absolute atomic E-state index is 13.3. The smallest absolute Gasteiger partial charge is 0.142 e. The molecule has 0 heterocycles. The number of hydrogen-bond acceptors (Lipinski definition) is 2. The number of ether oxygens (including phenoxy) is 1. The van der Waals surface area contributed by atoms with Gasteiger partial charge in [0.1, 0.15) is 18.2 Å². The lowest BCUT2D eigenvalue weighted by atomic mass is 10.1. The first-order valence-electron chi connectivity index (χ1n) is 6.09. The van der Waals surface area contributed by atoms with Crippen molar-refractivity contribution in [2.75, 3.05) is 0 Å². The van der Waals surface area contributed by atoms with E-state index in [1.807, 2.05) is 6.92 Å². The molecule has 5 heteroatoms. The molecule has 0 radical (unpaired) electrons. The average molecular weight is 314 g/mol. The quantitative estimate of drug-likeness (QED) is 0.885. The van der Waals surface area contributed by atoms with Crippen molar-refractivity contribution in [3.63, 3.8) is 0 Å². The molecule has 0 spiro atoms. The molecule has 0 aliphatic carbocycles. The van der Waals surface area contributed by atoms with Crippen molar-refractivity contribution in [1.29, 1.82) is 0 Å². The van der Waals surface area contributed by atoms with Gasteiger partial charge in [0.2, 0.25) is 0 Å². The van der Waals surface area contributed by atoms with Crippen LogP contribution in [0.2, 0.25) is 10.0 Å². The van der Waals surface area contributed by atoms with E-state index in [4.69, 9.17) is 33.7 Å². The summed E-state index contributed by atoms with van der Waals surface area (Å²) in [5, 5.41) is 0.693. The minimum Gasteiger partial charge on any atom is -0.489 e. The topological polar surface area (TPSA) is 35.2 Å². The molecule has 0 aliphatic rings. The highest BCUT2D eigenvalue weighted by atomic mass is 35.5. The van der Waals surface area contributed by atoms with Crippen molar-refractivity contribution >= 4 is 23.2 Å². The van der Waals surface area contributed by atoms with E-state index in [9.17, 15) is 4.39 Å². The molecule has 2 aromatic carbocycles. The fraction of sp³-hybridized carbons (Fsp3) is 0.200. The van der Waals surface area contributed by atoms with Gasteiger partial charge in [-0.25, -0.2) is 4.39 Å². The zero-order valence-corrected chi connectivity index (χ0v) is 12.4. The van der Waals surface area contributed by atoms with E-state index in [1.165, 1.54) is 12.1 Å². The molecule has 1 unspecified atom stereocenters. The van der Waals surface area contributed by atoms with Crippen LogP contribution in [0.3, 0.4) is 0 Å². The molecule has 0 aliphatic heterocycles. The first kappa shape index (κ1) is 15.1. The molecule has 0 fully saturated rings. The Hall–Kier alpha value is -1.29. The standard InChI is InChI=1S/C15H14Cl2FNO/c1-9(19)12-7-11(16)3-5-15(12)20-8-10-2-4-13(17)14(18)6-10/h2-7,9H,8,19H2,1H3. The Balaban J connectivity index is 2.16. The lowest BCUT2D eigenvalue weighted by Gasteiger charge is -2.14. The van der Waals surface area contributed by atoms with Crippen LogP contribution in [-0.4, -0.2) is 0 Å². The molecule has 2 N–H and O–H groups in total.